The number of aromatic nitrogens is 2. The lowest BCUT2D eigenvalue weighted by atomic mass is 10.1. The van der Waals surface area contributed by atoms with Gasteiger partial charge in [-0.2, -0.15) is 0 Å². The molecular formula is C22H23ClN2O5S. The Hall–Kier alpha value is -2.84. The van der Waals surface area contributed by atoms with E-state index in [1.54, 1.807) is 25.1 Å². The number of benzene rings is 1. The lowest BCUT2D eigenvalue weighted by Gasteiger charge is -2.12. The van der Waals surface area contributed by atoms with Gasteiger partial charge in [0.1, 0.15) is 16.2 Å². The van der Waals surface area contributed by atoms with Crippen molar-refractivity contribution >= 4 is 50.8 Å². The highest BCUT2D eigenvalue weighted by Crippen LogP contribution is 2.37. The number of hydrogen-bond acceptors (Lipinski definition) is 7. The van der Waals surface area contributed by atoms with Crippen LogP contribution in [-0.4, -0.2) is 36.3 Å². The number of rotatable bonds is 7. The average molecular weight is 463 g/mol. The Kier molecular flexibility index (Phi) is 7.02. The maximum absolute atomic E-state index is 12.7. The van der Waals surface area contributed by atoms with E-state index in [1.165, 1.54) is 18.4 Å². The van der Waals surface area contributed by atoms with Crippen molar-refractivity contribution in [2.75, 3.05) is 20.3 Å². The van der Waals surface area contributed by atoms with Crippen molar-refractivity contribution in [3.05, 3.63) is 49.3 Å². The standard InChI is InChI=1S/C22H23ClN2O5S/c1-6-29-16-10-13(9-15(23)18(16)28-5)8-14(22(27)30-7-2)19-24-20(26)17-11(3)12(4)31-21(17)25-19/h8-10H,6-7H2,1-5H3,(H,24,25,26)/b14-8-. The van der Waals surface area contributed by atoms with Gasteiger partial charge in [0.05, 0.1) is 30.7 Å². The fourth-order valence-corrected chi connectivity index (χ4v) is 4.44. The zero-order valence-corrected chi connectivity index (χ0v) is 19.5. The highest BCUT2D eigenvalue weighted by atomic mass is 35.5. The number of esters is 1. The first kappa shape index (κ1) is 22.8. The van der Waals surface area contributed by atoms with Gasteiger partial charge in [-0.15, -0.1) is 11.3 Å². The number of H-pyrrole nitrogens is 1. The monoisotopic (exact) mass is 462 g/mol. The number of carbonyl (C=O) groups is 1. The highest BCUT2D eigenvalue weighted by Gasteiger charge is 2.20. The molecule has 0 saturated carbocycles. The molecule has 0 amide bonds. The summed E-state index contributed by atoms with van der Waals surface area (Å²) < 4.78 is 16.1. The van der Waals surface area contributed by atoms with Crippen LogP contribution < -0.4 is 15.0 Å². The third-order valence-corrected chi connectivity index (χ3v) is 6.02. The van der Waals surface area contributed by atoms with Crippen LogP contribution in [0.3, 0.4) is 0 Å². The largest absolute Gasteiger partial charge is 0.491 e. The van der Waals surface area contributed by atoms with Gasteiger partial charge in [0.2, 0.25) is 0 Å². The lowest BCUT2D eigenvalue weighted by molar-refractivity contribution is -0.136. The second kappa shape index (κ2) is 9.53. The first-order chi connectivity index (χ1) is 14.8. The van der Waals surface area contributed by atoms with Crippen molar-refractivity contribution < 1.29 is 19.0 Å². The van der Waals surface area contributed by atoms with E-state index in [1.807, 2.05) is 20.8 Å². The average Bonchev–Trinajstić information content (AvgIpc) is 3.00. The minimum atomic E-state index is -0.611. The van der Waals surface area contributed by atoms with Gasteiger partial charge in [-0.25, -0.2) is 9.78 Å². The Labute approximate surface area is 188 Å². The molecule has 7 nitrogen and oxygen atoms in total. The molecule has 0 aliphatic heterocycles. The van der Waals surface area contributed by atoms with E-state index in [-0.39, 0.29) is 23.6 Å². The van der Waals surface area contributed by atoms with E-state index in [0.29, 0.717) is 38.9 Å². The summed E-state index contributed by atoms with van der Waals surface area (Å²) in [4.78, 5) is 34.3. The van der Waals surface area contributed by atoms with E-state index < -0.39 is 5.97 Å². The Morgan fingerprint density at radius 2 is 2.00 bits per heavy atom. The second-order valence-corrected chi connectivity index (χ2v) is 8.23. The van der Waals surface area contributed by atoms with E-state index in [2.05, 4.69) is 9.97 Å². The number of halogens is 1. The topological polar surface area (TPSA) is 90.5 Å². The van der Waals surface area contributed by atoms with Gasteiger partial charge in [0.25, 0.3) is 5.56 Å². The summed E-state index contributed by atoms with van der Waals surface area (Å²) in [6, 6.07) is 3.34. The molecule has 2 heterocycles. The number of carbonyl (C=O) groups excluding carboxylic acids is 1. The summed E-state index contributed by atoms with van der Waals surface area (Å²) in [6.07, 6.45) is 1.56. The first-order valence-corrected chi connectivity index (χ1v) is 10.9. The molecular weight excluding hydrogens is 440 g/mol. The highest BCUT2D eigenvalue weighted by molar-refractivity contribution is 7.18. The van der Waals surface area contributed by atoms with Crippen LogP contribution in [0.5, 0.6) is 11.5 Å². The SMILES string of the molecule is CCOC(=O)/C(=C\c1cc(Cl)c(OC)c(OCC)c1)c1nc2sc(C)c(C)c2c(=O)[nH]1. The van der Waals surface area contributed by atoms with Crippen molar-refractivity contribution in [1.29, 1.82) is 0 Å². The maximum atomic E-state index is 12.7. The molecule has 0 aliphatic rings. The molecule has 3 aromatic rings. The van der Waals surface area contributed by atoms with Crippen molar-refractivity contribution in [1.82, 2.24) is 9.97 Å². The van der Waals surface area contributed by atoms with E-state index >= 15 is 0 Å². The third-order valence-electron chi connectivity index (χ3n) is 4.64. The molecule has 0 bridgehead atoms. The molecule has 3 rings (SSSR count). The van der Waals surface area contributed by atoms with Crippen LogP contribution >= 0.6 is 22.9 Å². The number of aromatic amines is 1. The zero-order valence-electron chi connectivity index (χ0n) is 17.9. The Morgan fingerprint density at radius 1 is 1.26 bits per heavy atom. The summed E-state index contributed by atoms with van der Waals surface area (Å²) in [6.45, 7) is 7.94. The predicted octanol–water partition coefficient (Wildman–Crippen LogP) is 4.77. The summed E-state index contributed by atoms with van der Waals surface area (Å²) in [5, 5.41) is 0.852. The Bertz CT molecular complexity index is 1230. The molecule has 1 aromatic carbocycles. The van der Waals surface area contributed by atoms with Gasteiger partial charge in [-0.3, -0.25) is 4.79 Å². The molecule has 0 atom stereocenters. The predicted molar refractivity (Wildman–Crippen MR) is 123 cm³/mol. The van der Waals surface area contributed by atoms with Crippen LogP contribution in [0.2, 0.25) is 5.02 Å². The second-order valence-electron chi connectivity index (χ2n) is 6.62. The van der Waals surface area contributed by atoms with Crippen LogP contribution in [0.4, 0.5) is 0 Å². The molecule has 0 aliphatic carbocycles. The Morgan fingerprint density at radius 3 is 2.65 bits per heavy atom. The van der Waals surface area contributed by atoms with Gasteiger partial charge in [-0.05, 0) is 57.0 Å². The fourth-order valence-electron chi connectivity index (χ4n) is 3.11. The smallest absolute Gasteiger partial charge is 0.341 e. The molecule has 0 saturated heterocycles. The molecule has 0 spiro atoms. The van der Waals surface area contributed by atoms with E-state index in [0.717, 1.165) is 10.4 Å². The molecule has 0 unspecified atom stereocenters. The van der Waals surface area contributed by atoms with Crippen LogP contribution in [0.25, 0.3) is 21.9 Å². The van der Waals surface area contributed by atoms with Gasteiger partial charge >= 0.3 is 5.97 Å². The molecule has 0 radical (unpaired) electrons. The van der Waals surface area contributed by atoms with Crippen LogP contribution in [0.1, 0.15) is 35.7 Å². The molecule has 1 N–H and O–H groups in total. The number of ether oxygens (including phenoxy) is 3. The van der Waals surface area contributed by atoms with Crippen molar-refractivity contribution in [2.45, 2.75) is 27.7 Å². The van der Waals surface area contributed by atoms with Crippen LogP contribution in [-0.2, 0) is 9.53 Å². The molecule has 164 valence electrons. The van der Waals surface area contributed by atoms with Crippen LogP contribution in [0, 0.1) is 13.8 Å². The lowest BCUT2D eigenvalue weighted by Crippen LogP contribution is -2.15. The van der Waals surface area contributed by atoms with Crippen molar-refractivity contribution in [3.8, 4) is 11.5 Å². The van der Waals surface area contributed by atoms with Crippen LogP contribution in [0.15, 0.2) is 16.9 Å². The minimum Gasteiger partial charge on any atom is -0.491 e. The molecule has 9 heteroatoms. The van der Waals surface area contributed by atoms with Gasteiger partial charge in [0, 0.05) is 4.88 Å². The summed E-state index contributed by atoms with van der Waals surface area (Å²) in [5.41, 5.74) is 1.25. The Balaban J connectivity index is 2.21. The first-order valence-electron chi connectivity index (χ1n) is 9.70. The molecule has 31 heavy (non-hydrogen) atoms. The summed E-state index contributed by atoms with van der Waals surface area (Å²) in [7, 11) is 1.50. The zero-order chi connectivity index (χ0) is 22.7. The molecule has 2 aromatic heterocycles. The van der Waals surface area contributed by atoms with Gasteiger partial charge in [-0.1, -0.05) is 11.6 Å². The quantitative estimate of drug-likeness (QED) is 0.402. The summed E-state index contributed by atoms with van der Waals surface area (Å²) >= 11 is 7.75. The van der Waals surface area contributed by atoms with Crippen molar-refractivity contribution in [2.24, 2.45) is 0 Å². The normalized spacial score (nSPS) is 11.6. The number of aryl methyl sites for hydroxylation is 2. The number of methoxy groups -OCH3 is 1. The van der Waals surface area contributed by atoms with Gasteiger partial charge < -0.3 is 19.2 Å². The van der Waals surface area contributed by atoms with E-state index in [4.69, 9.17) is 25.8 Å². The van der Waals surface area contributed by atoms with E-state index in [9.17, 15) is 9.59 Å². The number of thiophene rings is 1. The maximum Gasteiger partial charge on any atom is 0.341 e. The number of nitrogens with zero attached hydrogens (tertiary/aromatic N) is 1. The molecule has 0 fully saturated rings. The summed E-state index contributed by atoms with van der Waals surface area (Å²) in [5.74, 6) is 0.353. The minimum absolute atomic E-state index is 0.105. The van der Waals surface area contributed by atoms with Crippen molar-refractivity contribution in [3.63, 3.8) is 0 Å². The number of fused-ring (bicyclic) bond motifs is 1. The fraction of sp³-hybridized carbons (Fsp3) is 0.318. The number of hydrogen-bond donors (Lipinski definition) is 1. The van der Waals surface area contributed by atoms with Gasteiger partial charge in [0.15, 0.2) is 11.5 Å². The third kappa shape index (κ3) is 4.60. The number of nitrogens with one attached hydrogen (secondary N) is 1.